The molecule has 2 rings (SSSR count). The molecule has 0 aliphatic carbocycles. The second-order valence-corrected chi connectivity index (χ2v) is 4.10. The Labute approximate surface area is 94.8 Å². The second kappa shape index (κ2) is 3.67. The van der Waals surface area contributed by atoms with Crippen molar-refractivity contribution in [2.45, 2.75) is 0 Å². The Bertz CT molecular complexity index is 467. The summed E-state index contributed by atoms with van der Waals surface area (Å²) in [6.45, 7) is 0. The van der Waals surface area contributed by atoms with Crippen molar-refractivity contribution in [3.05, 3.63) is 40.0 Å². The van der Waals surface area contributed by atoms with Crippen LogP contribution >= 0.6 is 27.5 Å². The summed E-state index contributed by atoms with van der Waals surface area (Å²) in [7, 11) is 0. The van der Waals surface area contributed by atoms with Crippen molar-refractivity contribution in [1.82, 2.24) is 0 Å². The van der Waals surface area contributed by atoms with E-state index in [0.717, 1.165) is 15.8 Å². The lowest BCUT2D eigenvalue weighted by Crippen LogP contribution is -1.86. The second-order valence-electron chi connectivity index (χ2n) is 2.83. The maximum atomic E-state index is 5.81. The van der Waals surface area contributed by atoms with Crippen molar-refractivity contribution < 1.29 is 4.42 Å². The maximum absolute atomic E-state index is 5.81. The van der Waals surface area contributed by atoms with Crippen LogP contribution in [0, 0.1) is 0 Å². The molecule has 4 heteroatoms. The number of halogens is 2. The fraction of sp³-hybridized carbons (Fsp3) is 0. The number of furan rings is 1. The van der Waals surface area contributed by atoms with Crippen LogP contribution in [0.4, 0.5) is 5.69 Å². The van der Waals surface area contributed by atoms with Gasteiger partial charge >= 0.3 is 0 Å². The first-order chi connectivity index (χ1) is 6.68. The molecular weight excluding hydrogens is 265 g/mol. The zero-order valence-electron chi connectivity index (χ0n) is 7.13. The monoisotopic (exact) mass is 271 g/mol. The molecular formula is C10H7BrClNO. The van der Waals surface area contributed by atoms with Gasteiger partial charge in [-0.2, -0.15) is 0 Å². The third kappa shape index (κ3) is 1.65. The van der Waals surface area contributed by atoms with E-state index >= 15 is 0 Å². The van der Waals surface area contributed by atoms with Crippen LogP contribution in [0.5, 0.6) is 0 Å². The standard InChI is InChI=1S/C10H7BrClNO/c11-7-3-4-14-10(7)6-1-2-8(12)9(13)5-6/h1-5H,13H2. The fourth-order valence-electron chi connectivity index (χ4n) is 1.18. The Balaban J connectivity index is 2.53. The van der Waals surface area contributed by atoms with E-state index in [1.807, 2.05) is 12.1 Å². The Morgan fingerprint density at radius 3 is 2.64 bits per heavy atom. The van der Waals surface area contributed by atoms with E-state index < -0.39 is 0 Å². The van der Waals surface area contributed by atoms with Crippen LogP contribution < -0.4 is 5.73 Å². The highest BCUT2D eigenvalue weighted by Crippen LogP contribution is 2.32. The van der Waals surface area contributed by atoms with Gasteiger partial charge in [0.2, 0.25) is 0 Å². The molecule has 14 heavy (non-hydrogen) atoms. The van der Waals surface area contributed by atoms with E-state index in [0.29, 0.717) is 10.7 Å². The topological polar surface area (TPSA) is 39.2 Å². The molecule has 0 spiro atoms. The molecule has 0 aliphatic rings. The minimum atomic E-state index is 0.549. The largest absolute Gasteiger partial charge is 0.463 e. The first-order valence-corrected chi connectivity index (χ1v) is 5.14. The SMILES string of the molecule is Nc1cc(-c2occc2Br)ccc1Cl. The molecule has 0 amide bonds. The lowest BCUT2D eigenvalue weighted by molar-refractivity contribution is 0.581. The molecule has 0 aliphatic heterocycles. The molecule has 0 radical (unpaired) electrons. The van der Waals surface area contributed by atoms with Gasteiger partial charge in [-0.25, -0.2) is 0 Å². The Morgan fingerprint density at radius 2 is 2.07 bits per heavy atom. The van der Waals surface area contributed by atoms with Gasteiger partial charge in [-0.3, -0.25) is 0 Å². The highest BCUT2D eigenvalue weighted by atomic mass is 79.9. The summed E-state index contributed by atoms with van der Waals surface area (Å²) in [5.74, 6) is 0.758. The lowest BCUT2D eigenvalue weighted by Gasteiger charge is -2.01. The zero-order valence-corrected chi connectivity index (χ0v) is 9.47. The molecule has 0 unspecified atom stereocenters. The first-order valence-electron chi connectivity index (χ1n) is 3.97. The van der Waals surface area contributed by atoms with Gasteiger partial charge in [0, 0.05) is 5.56 Å². The van der Waals surface area contributed by atoms with E-state index in [9.17, 15) is 0 Å². The summed E-state index contributed by atoms with van der Waals surface area (Å²) in [5.41, 5.74) is 7.14. The number of hydrogen-bond acceptors (Lipinski definition) is 2. The van der Waals surface area contributed by atoms with Crippen molar-refractivity contribution in [2.24, 2.45) is 0 Å². The van der Waals surface area contributed by atoms with Gasteiger partial charge in [0.05, 0.1) is 21.4 Å². The van der Waals surface area contributed by atoms with E-state index in [-0.39, 0.29) is 0 Å². The Hall–Kier alpha value is -0.930. The van der Waals surface area contributed by atoms with Crippen molar-refractivity contribution in [3.63, 3.8) is 0 Å². The molecule has 0 fully saturated rings. The first kappa shape index (κ1) is 9.62. The van der Waals surface area contributed by atoms with Crippen LogP contribution in [0.1, 0.15) is 0 Å². The van der Waals surface area contributed by atoms with E-state index in [1.165, 1.54) is 0 Å². The molecule has 2 aromatic rings. The minimum absolute atomic E-state index is 0.549. The molecule has 2 nitrogen and oxygen atoms in total. The summed E-state index contributed by atoms with van der Waals surface area (Å²) < 4.78 is 6.20. The van der Waals surface area contributed by atoms with Crippen LogP contribution in [0.3, 0.4) is 0 Å². The Kier molecular flexibility index (Phi) is 2.52. The minimum Gasteiger partial charge on any atom is -0.463 e. The van der Waals surface area contributed by atoms with Crippen LogP contribution in [-0.2, 0) is 0 Å². The molecule has 72 valence electrons. The van der Waals surface area contributed by atoms with E-state index in [4.69, 9.17) is 21.8 Å². The molecule has 0 saturated heterocycles. The summed E-state index contributed by atoms with van der Waals surface area (Å²) in [4.78, 5) is 0. The zero-order chi connectivity index (χ0) is 10.1. The number of nitrogens with two attached hydrogens (primary N) is 1. The van der Waals surface area contributed by atoms with Crippen molar-refractivity contribution in [2.75, 3.05) is 5.73 Å². The van der Waals surface area contributed by atoms with Gasteiger partial charge in [0.15, 0.2) is 0 Å². The molecule has 2 N–H and O–H groups in total. The van der Waals surface area contributed by atoms with Crippen molar-refractivity contribution in [1.29, 1.82) is 0 Å². The number of rotatable bonds is 1. The van der Waals surface area contributed by atoms with Crippen molar-refractivity contribution in [3.8, 4) is 11.3 Å². The van der Waals surface area contributed by atoms with E-state index in [1.54, 1.807) is 18.4 Å². The molecule has 0 atom stereocenters. The van der Waals surface area contributed by atoms with Gasteiger partial charge in [-0.05, 0) is 40.2 Å². The number of benzene rings is 1. The van der Waals surface area contributed by atoms with Gasteiger partial charge in [-0.15, -0.1) is 0 Å². The van der Waals surface area contributed by atoms with Gasteiger partial charge in [0.25, 0.3) is 0 Å². The molecule has 1 heterocycles. The van der Waals surface area contributed by atoms with Crippen LogP contribution in [-0.4, -0.2) is 0 Å². The Morgan fingerprint density at radius 1 is 1.29 bits per heavy atom. The number of anilines is 1. The average molecular weight is 273 g/mol. The van der Waals surface area contributed by atoms with E-state index in [2.05, 4.69) is 15.9 Å². The molecule has 1 aromatic heterocycles. The van der Waals surface area contributed by atoms with Crippen molar-refractivity contribution >= 4 is 33.2 Å². The van der Waals surface area contributed by atoms with Gasteiger partial charge in [0.1, 0.15) is 5.76 Å². The predicted octanol–water partition coefficient (Wildman–Crippen LogP) is 3.94. The number of nitrogen functional groups attached to an aromatic ring is 1. The van der Waals surface area contributed by atoms with Gasteiger partial charge in [-0.1, -0.05) is 11.6 Å². The summed E-state index contributed by atoms with van der Waals surface area (Å²) in [6.07, 6.45) is 1.62. The summed E-state index contributed by atoms with van der Waals surface area (Å²) >= 11 is 9.19. The molecule has 0 saturated carbocycles. The highest BCUT2D eigenvalue weighted by Gasteiger charge is 2.07. The quantitative estimate of drug-likeness (QED) is 0.799. The normalized spacial score (nSPS) is 10.4. The van der Waals surface area contributed by atoms with Crippen LogP contribution in [0.25, 0.3) is 11.3 Å². The summed E-state index contributed by atoms with van der Waals surface area (Å²) in [5, 5.41) is 0.552. The third-order valence-electron chi connectivity index (χ3n) is 1.88. The van der Waals surface area contributed by atoms with Gasteiger partial charge < -0.3 is 10.2 Å². The van der Waals surface area contributed by atoms with Crippen LogP contribution in [0.15, 0.2) is 39.4 Å². The fourth-order valence-corrected chi connectivity index (χ4v) is 1.73. The maximum Gasteiger partial charge on any atom is 0.148 e. The highest BCUT2D eigenvalue weighted by molar-refractivity contribution is 9.10. The third-order valence-corrected chi connectivity index (χ3v) is 2.84. The lowest BCUT2D eigenvalue weighted by atomic mass is 10.1. The molecule has 1 aromatic carbocycles. The average Bonchev–Trinajstić information content (AvgIpc) is 2.57. The summed E-state index contributed by atoms with van der Waals surface area (Å²) in [6, 6.07) is 7.23. The number of hydrogen-bond donors (Lipinski definition) is 1. The van der Waals surface area contributed by atoms with Crippen LogP contribution in [0.2, 0.25) is 5.02 Å². The predicted molar refractivity (Wildman–Crippen MR) is 61.3 cm³/mol. The molecule has 0 bridgehead atoms. The smallest absolute Gasteiger partial charge is 0.148 e.